The van der Waals surface area contributed by atoms with Crippen LogP contribution in [0.2, 0.25) is 0 Å². The van der Waals surface area contributed by atoms with Crippen LogP contribution in [-0.2, 0) is 7.05 Å². The van der Waals surface area contributed by atoms with Gasteiger partial charge in [0.2, 0.25) is 0 Å². The van der Waals surface area contributed by atoms with Crippen molar-refractivity contribution >= 4 is 0 Å². The van der Waals surface area contributed by atoms with Gasteiger partial charge >= 0.3 is 0 Å². The Morgan fingerprint density at radius 3 is 2.12 bits per heavy atom. The van der Waals surface area contributed by atoms with E-state index < -0.39 is 0 Å². The average Bonchev–Trinajstić information content (AvgIpc) is 2.95. The third-order valence-electron chi connectivity index (χ3n) is 4.86. The van der Waals surface area contributed by atoms with Crippen molar-refractivity contribution in [2.75, 3.05) is 0 Å². The van der Waals surface area contributed by atoms with Crippen molar-refractivity contribution in [1.82, 2.24) is 4.57 Å². The molecular formula is C22H24FN. The summed E-state index contributed by atoms with van der Waals surface area (Å²) in [4.78, 5) is 0. The Labute approximate surface area is 143 Å². The smallest absolute Gasteiger partial charge is 0.148 e. The maximum atomic E-state index is 14.5. The first-order chi connectivity index (χ1) is 11.7. The van der Waals surface area contributed by atoms with Crippen LogP contribution in [0, 0.1) is 5.82 Å². The molecule has 0 fully saturated rings. The number of hydrogen-bond acceptors (Lipinski definition) is 0. The van der Waals surface area contributed by atoms with Crippen LogP contribution in [0.15, 0.2) is 60.8 Å². The molecule has 0 saturated carbocycles. The first-order valence-corrected chi connectivity index (χ1v) is 8.66. The second kappa shape index (κ2) is 7.04. The van der Waals surface area contributed by atoms with Gasteiger partial charge in [-0.3, -0.25) is 0 Å². The summed E-state index contributed by atoms with van der Waals surface area (Å²) in [7, 11) is 1.91. The maximum absolute atomic E-state index is 14.5. The van der Waals surface area contributed by atoms with Crippen LogP contribution in [0.25, 0.3) is 22.4 Å². The van der Waals surface area contributed by atoms with Gasteiger partial charge in [0.05, 0.1) is 5.69 Å². The van der Waals surface area contributed by atoms with Gasteiger partial charge in [-0.2, -0.15) is 0 Å². The summed E-state index contributed by atoms with van der Waals surface area (Å²) in [5.41, 5.74) is 5.34. The number of aryl methyl sites for hydroxylation is 1. The van der Waals surface area contributed by atoms with Gasteiger partial charge in [-0.1, -0.05) is 62.4 Å². The standard InChI is InChI=1S/C22H24FN/c1-4-16(5-2)21-18(17-10-7-6-8-11-17)12-9-13-19(21)22-20(23)14-15-24(22)3/h6-16H,4-5H2,1-3H3. The molecule has 0 N–H and O–H groups in total. The van der Waals surface area contributed by atoms with E-state index in [4.69, 9.17) is 0 Å². The summed E-state index contributed by atoms with van der Waals surface area (Å²) in [5, 5.41) is 0. The molecule has 2 heteroatoms. The second-order valence-corrected chi connectivity index (χ2v) is 6.27. The Morgan fingerprint density at radius 1 is 0.875 bits per heavy atom. The highest BCUT2D eigenvalue weighted by atomic mass is 19.1. The molecule has 1 heterocycles. The fourth-order valence-electron chi connectivity index (χ4n) is 3.60. The van der Waals surface area contributed by atoms with Crippen molar-refractivity contribution < 1.29 is 4.39 Å². The van der Waals surface area contributed by atoms with E-state index in [1.165, 1.54) is 16.7 Å². The molecule has 3 rings (SSSR count). The molecule has 0 unspecified atom stereocenters. The van der Waals surface area contributed by atoms with E-state index in [0.717, 1.165) is 18.4 Å². The molecule has 124 valence electrons. The minimum Gasteiger partial charge on any atom is -0.348 e. The quantitative estimate of drug-likeness (QED) is 0.512. The molecule has 0 aliphatic carbocycles. The maximum Gasteiger partial charge on any atom is 0.148 e. The summed E-state index contributed by atoms with van der Waals surface area (Å²) >= 11 is 0. The molecule has 3 aromatic rings. The zero-order valence-electron chi connectivity index (χ0n) is 14.6. The van der Waals surface area contributed by atoms with Crippen molar-refractivity contribution in [3.8, 4) is 22.4 Å². The Hall–Kier alpha value is -2.35. The van der Waals surface area contributed by atoms with Crippen molar-refractivity contribution in [2.45, 2.75) is 32.6 Å². The lowest BCUT2D eigenvalue weighted by atomic mass is 9.83. The van der Waals surface area contributed by atoms with E-state index in [1.54, 1.807) is 12.3 Å². The average molecular weight is 321 g/mol. The number of nitrogens with zero attached hydrogens (tertiary/aromatic N) is 1. The molecule has 0 amide bonds. The van der Waals surface area contributed by atoms with Crippen LogP contribution < -0.4 is 0 Å². The van der Waals surface area contributed by atoms with Crippen LogP contribution in [0.5, 0.6) is 0 Å². The van der Waals surface area contributed by atoms with Gasteiger partial charge in [-0.15, -0.1) is 0 Å². The Morgan fingerprint density at radius 2 is 1.54 bits per heavy atom. The zero-order valence-corrected chi connectivity index (χ0v) is 14.6. The van der Waals surface area contributed by atoms with Crippen LogP contribution in [0.4, 0.5) is 4.39 Å². The first-order valence-electron chi connectivity index (χ1n) is 8.66. The summed E-state index contributed by atoms with van der Waals surface area (Å²) < 4.78 is 16.3. The van der Waals surface area contributed by atoms with E-state index >= 15 is 0 Å². The normalized spacial score (nSPS) is 11.2. The Kier molecular flexibility index (Phi) is 4.84. The summed E-state index contributed by atoms with van der Waals surface area (Å²) in [6.45, 7) is 4.42. The second-order valence-electron chi connectivity index (χ2n) is 6.27. The third-order valence-corrected chi connectivity index (χ3v) is 4.86. The molecule has 0 saturated heterocycles. The highest BCUT2D eigenvalue weighted by molar-refractivity contribution is 5.78. The highest BCUT2D eigenvalue weighted by Gasteiger charge is 2.21. The summed E-state index contributed by atoms with van der Waals surface area (Å²) in [6.07, 6.45) is 3.87. The Balaban J connectivity index is 2.31. The Bertz CT molecular complexity index is 794. The van der Waals surface area contributed by atoms with Gasteiger partial charge in [0, 0.05) is 18.8 Å². The van der Waals surface area contributed by atoms with Crippen LogP contribution in [0.3, 0.4) is 0 Å². The number of halogens is 1. The minimum absolute atomic E-state index is 0.157. The zero-order chi connectivity index (χ0) is 17.1. The molecule has 0 bridgehead atoms. The summed E-state index contributed by atoms with van der Waals surface area (Å²) in [5.74, 6) is 0.251. The van der Waals surface area contributed by atoms with Gasteiger partial charge in [0.15, 0.2) is 0 Å². The van der Waals surface area contributed by atoms with E-state index in [1.807, 2.05) is 23.7 Å². The molecule has 0 atom stereocenters. The first kappa shape index (κ1) is 16.5. The highest BCUT2D eigenvalue weighted by Crippen LogP contribution is 2.40. The monoisotopic (exact) mass is 321 g/mol. The number of hydrogen-bond donors (Lipinski definition) is 0. The van der Waals surface area contributed by atoms with Crippen LogP contribution in [-0.4, -0.2) is 4.57 Å². The lowest BCUT2D eigenvalue weighted by Crippen LogP contribution is -2.04. The van der Waals surface area contributed by atoms with Gasteiger partial charge in [0.25, 0.3) is 0 Å². The van der Waals surface area contributed by atoms with Crippen molar-refractivity contribution in [1.29, 1.82) is 0 Å². The van der Waals surface area contributed by atoms with Crippen molar-refractivity contribution in [3.63, 3.8) is 0 Å². The number of aromatic nitrogens is 1. The molecule has 2 aromatic carbocycles. The minimum atomic E-state index is -0.157. The molecular weight excluding hydrogens is 297 g/mol. The number of benzene rings is 2. The fraction of sp³-hybridized carbons (Fsp3) is 0.273. The predicted octanol–water partition coefficient (Wildman–Crippen LogP) is 6.40. The van der Waals surface area contributed by atoms with Gasteiger partial charge < -0.3 is 4.57 Å². The molecule has 1 aromatic heterocycles. The molecule has 0 aliphatic rings. The van der Waals surface area contributed by atoms with Crippen molar-refractivity contribution in [3.05, 3.63) is 72.2 Å². The topological polar surface area (TPSA) is 4.93 Å². The third kappa shape index (κ3) is 2.89. The summed E-state index contributed by atoms with van der Waals surface area (Å²) in [6, 6.07) is 18.2. The van der Waals surface area contributed by atoms with Crippen molar-refractivity contribution in [2.24, 2.45) is 7.05 Å². The largest absolute Gasteiger partial charge is 0.348 e. The number of rotatable bonds is 5. The van der Waals surface area contributed by atoms with Crippen LogP contribution >= 0.6 is 0 Å². The molecule has 0 radical (unpaired) electrons. The SMILES string of the molecule is CCC(CC)c1c(-c2ccccc2)cccc1-c1c(F)ccn1C. The van der Waals surface area contributed by atoms with E-state index in [9.17, 15) is 4.39 Å². The molecule has 0 spiro atoms. The van der Waals surface area contributed by atoms with E-state index in [2.05, 4.69) is 50.2 Å². The lowest BCUT2D eigenvalue weighted by Gasteiger charge is -2.22. The lowest BCUT2D eigenvalue weighted by molar-refractivity contribution is 0.624. The van der Waals surface area contributed by atoms with Crippen LogP contribution in [0.1, 0.15) is 38.2 Å². The molecule has 24 heavy (non-hydrogen) atoms. The molecule has 1 nitrogen and oxygen atoms in total. The fourth-order valence-corrected chi connectivity index (χ4v) is 3.60. The van der Waals surface area contributed by atoms with Gasteiger partial charge in [-0.05, 0) is 41.5 Å². The van der Waals surface area contributed by atoms with Gasteiger partial charge in [0.1, 0.15) is 5.82 Å². The molecule has 0 aliphatic heterocycles. The van der Waals surface area contributed by atoms with E-state index in [0.29, 0.717) is 11.6 Å². The van der Waals surface area contributed by atoms with E-state index in [-0.39, 0.29) is 5.82 Å². The van der Waals surface area contributed by atoms with Gasteiger partial charge in [-0.25, -0.2) is 4.39 Å². The predicted molar refractivity (Wildman–Crippen MR) is 99.6 cm³/mol.